The smallest absolute Gasteiger partial charge is 0.353 e. The summed E-state index contributed by atoms with van der Waals surface area (Å²) in [5.41, 5.74) is 0.701. The van der Waals surface area contributed by atoms with Crippen LogP contribution in [0.15, 0.2) is 47.3 Å². The summed E-state index contributed by atoms with van der Waals surface area (Å²) in [5, 5.41) is 10.4. The number of carboxylic acid groups (broad SMARTS) is 1. The van der Waals surface area contributed by atoms with E-state index in [1.807, 2.05) is 0 Å². The molecular formula is C18H12FN3O3. The number of hydrogen-bond donors (Lipinski definition) is 2. The zero-order chi connectivity index (χ0) is 17.7. The second kappa shape index (κ2) is 5.27. The summed E-state index contributed by atoms with van der Waals surface area (Å²) < 4.78 is 15.2. The van der Waals surface area contributed by atoms with Crippen molar-refractivity contribution in [1.82, 2.24) is 14.5 Å². The van der Waals surface area contributed by atoms with E-state index < -0.39 is 11.8 Å². The zero-order valence-corrected chi connectivity index (χ0v) is 13.1. The number of hydrogen-bond acceptors (Lipinski definition) is 3. The highest BCUT2D eigenvalue weighted by molar-refractivity contribution is 6.07. The summed E-state index contributed by atoms with van der Waals surface area (Å²) in [7, 11) is 1.58. The maximum absolute atomic E-state index is 13.8. The summed E-state index contributed by atoms with van der Waals surface area (Å²) in [5.74, 6) is -1.60. The molecular weight excluding hydrogens is 325 g/mol. The van der Waals surface area contributed by atoms with Gasteiger partial charge in [-0.2, -0.15) is 0 Å². The van der Waals surface area contributed by atoms with Crippen molar-refractivity contribution >= 4 is 27.8 Å². The number of carbonyl (C=O) groups is 1. The lowest BCUT2D eigenvalue weighted by atomic mass is 10.1. The number of carboxylic acids is 1. The summed E-state index contributed by atoms with van der Waals surface area (Å²) in [6.45, 7) is 0. The number of nitrogens with zero attached hydrogens (tertiary/aromatic N) is 2. The Hall–Kier alpha value is -3.48. The Morgan fingerprint density at radius 3 is 2.72 bits per heavy atom. The van der Waals surface area contributed by atoms with Crippen LogP contribution in [-0.4, -0.2) is 25.6 Å². The molecule has 4 aromatic rings. The molecule has 25 heavy (non-hydrogen) atoms. The zero-order valence-electron chi connectivity index (χ0n) is 13.1. The quantitative estimate of drug-likeness (QED) is 0.589. The number of aromatic nitrogens is 3. The number of rotatable bonds is 2. The molecule has 0 aliphatic rings. The highest BCUT2D eigenvalue weighted by atomic mass is 19.1. The standard InChI is InChI=1S/C18H12FN3O3/c1-22-13-7-6-9(19)8-11(13)14(15(22)18(24)25)16-20-12-5-3-2-4-10(12)17(23)21-16/h2-8H,1H3,(H,24,25)(H,20,21,23). The first-order valence-electron chi connectivity index (χ1n) is 7.48. The minimum atomic E-state index is -1.19. The third kappa shape index (κ3) is 2.20. The molecule has 2 aromatic carbocycles. The van der Waals surface area contributed by atoms with Gasteiger partial charge in [0.1, 0.15) is 17.3 Å². The summed E-state index contributed by atoms with van der Waals surface area (Å²) in [4.78, 5) is 31.1. The van der Waals surface area contributed by atoms with Crippen LogP contribution in [0.25, 0.3) is 33.2 Å². The summed E-state index contributed by atoms with van der Waals surface area (Å²) >= 11 is 0. The second-order valence-corrected chi connectivity index (χ2v) is 5.68. The van der Waals surface area contributed by atoms with E-state index in [-0.39, 0.29) is 22.6 Å². The molecule has 0 bridgehead atoms. The Balaban J connectivity index is 2.17. The first-order chi connectivity index (χ1) is 12.0. The number of H-pyrrole nitrogens is 1. The lowest BCUT2D eigenvalue weighted by molar-refractivity contribution is 0.0688. The minimum absolute atomic E-state index is 0.0703. The highest BCUT2D eigenvalue weighted by Crippen LogP contribution is 2.33. The van der Waals surface area contributed by atoms with Crippen molar-refractivity contribution < 1.29 is 14.3 Å². The van der Waals surface area contributed by atoms with Gasteiger partial charge in [0, 0.05) is 18.0 Å². The van der Waals surface area contributed by atoms with Gasteiger partial charge < -0.3 is 14.7 Å². The molecule has 0 saturated carbocycles. The van der Waals surface area contributed by atoms with Crippen molar-refractivity contribution in [3.05, 3.63) is 64.3 Å². The van der Waals surface area contributed by atoms with Gasteiger partial charge in [0.15, 0.2) is 0 Å². The average molecular weight is 337 g/mol. The predicted octanol–water partition coefficient (Wildman–Crippen LogP) is 2.92. The third-order valence-corrected chi connectivity index (χ3v) is 4.21. The van der Waals surface area contributed by atoms with Crippen LogP contribution in [0.4, 0.5) is 4.39 Å². The van der Waals surface area contributed by atoms with Crippen LogP contribution in [0, 0.1) is 5.82 Å². The summed E-state index contributed by atoms with van der Waals surface area (Å²) in [6.07, 6.45) is 0. The van der Waals surface area contributed by atoms with E-state index in [2.05, 4.69) is 9.97 Å². The molecule has 0 aliphatic carbocycles. The fourth-order valence-corrected chi connectivity index (χ4v) is 3.11. The number of aromatic amines is 1. The van der Waals surface area contributed by atoms with E-state index in [0.717, 1.165) is 0 Å². The van der Waals surface area contributed by atoms with Crippen LogP contribution in [0.1, 0.15) is 10.5 Å². The molecule has 0 atom stereocenters. The Labute approximate surface area is 140 Å². The van der Waals surface area contributed by atoms with Crippen LogP contribution >= 0.6 is 0 Å². The Bertz CT molecular complexity index is 1220. The Kier molecular flexibility index (Phi) is 3.18. The number of fused-ring (bicyclic) bond motifs is 2. The van der Waals surface area contributed by atoms with Crippen molar-refractivity contribution in [2.24, 2.45) is 7.05 Å². The monoisotopic (exact) mass is 337 g/mol. The number of halogens is 1. The van der Waals surface area contributed by atoms with Crippen molar-refractivity contribution in [2.75, 3.05) is 0 Å². The Morgan fingerprint density at radius 1 is 1.20 bits per heavy atom. The average Bonchev–Trinajstić information content (AvgIpc) is 2.87. The minimum Gasteiger partial charge on any atom is -0.477 e. The van der Waals surface area contributed by atoms with E-state index in [1.54, 1.807) is 31.3 Å². The highest BCUT2D eigenvalue weighted by Gasteiger charge is 2.24. The predicted molar refractivity (Wildman–Crippen MR) is 91.2 cm³/mol. The fraction of sp³-hybridized carbons (Fsp3) is 0.0556. The maximum atomic E-state index is 13.8. The molecule has 7 heteroatoms. The Morgan fingerprint density at radius 2 is 1.96 bits per heavy atom. The van der Waals surface area contributed by atoms with Gasteiger partial charge in [-0.05, 0) is 30.3 Å². The lowest BCUT2D eigenvalue weighted by Gasteiger charge is -2.04. The molecule has 6 nitrogen and oxygen atoms in total. The van der Waals surface area contributed by atoms with E-state index in [0.29, 0.717) is 21.8 Å². The van der Waals surface area contributed by atoms with Crippen LogP contribution in [0.5, 0.6) is 0 Å². The van der Waals surface area contributed by atoms with E-state index >= 15 is 0 Å². The third-order valence-electron chi connectivity index (χ3n) is 4.21. The second-order valence-electron chi connectivity index (χ2n) is 5.68. The molecule has 4 rings (SSSR count). The maximum Gasteiger partial charge on any atom is 0.353 e. The van der Waals surface area contributed by atoms with Gasteiger partial charge in [-0.25, -0.2) is 14.2 Å². The van der Waals surface area contributed by atoms with Crippen molar-refractivity contribution in [3.8, 4) is 11.4 Å². The van der Waals surface area contributed by atoms with E-state index in [9.17, 15) is 19.1 Å². The molecule has 0 aliphatic heterocycles. The van der Waals surface area contributed by atoms with Crippen molar-refractivity contribution in [3.63, 3.8) is 0 Å². The fourth-order valence-electron chi connectivity index (χ4n) is 3.11. The first kappa shape index (κ1) is 15.1. The van der Waals surface area contributed by atoms with Gasteiger partial charge in [0.25, 0.3) is 5.56 Å². The number of aromatic carboxylic acids is 1. The van der Waals surface area contributed by atoms with Gasteiger partial charge in [-0.3, -0.25) is 4.79 Å². The number of benzene rings is 2. The lowest BCUT2D eigenvalue weighted by Crippen LogP contribution is -2.12. The number of nitrogens with one attached hydrogen (secondary N) is 1. The van der Waals surface area contributed by atoms with Gasteiger partial charge >= 0.3 is 5.97 Å². The van der Waals surface area contributed by atoms with E-state index in [4.69, 9.17) is 0 Å². The van der Waals surface area contributed by atoms with Crippen LogP contribution < -0.4 is 5.56 Å². The van der Waals surface area contributed by atoms with Gasteiger partial charge in [0.2, 0.25) is 0 Å². The SMILES string of the molecule is Cn1c(C(=O)O)c(-c2nc3ccccc3c(=O)[nH]2)c2cc(F)ccc21. The molecule has 124 valence electrons. The van der Waals surface area contributed by atoms with Crippen LogP contribution in [0.2, 0.25) is 0 Å². The first-order valence-corrected chi connectivity index (χ1v) is 7.48. The number of para-hydroxylation sites is 1. The molecule has 2 aromatic heterocycles. The molecule has 0 saturated heterocycles. The normalized spacial score (nSPS) is 11.3. The molecule has 0 radical (unpaired) electrons. The molecule has 0 spiro atoms. The van der Waals surface area contributed by atoms with Crippen LogP contribution in [-0.2, 0) is 7.05 Å². The molecule has 2 N–H and O–H groups in total. The summed E-state index contributed by atoms with van der Waals surface area (Å²) in [6, 6.07) is 10.8. The van der Waals surface area contributed by atoms with Gasteiger partial charge in [0.05, 0.1) is 16.5 Å². The van der Waals surface area contributed by atoms with Crippen molar-refractivity contribution in [2.45, 2.75) is 0 Å². The van der Waals surface area contributed by atoms with E-state index in [1.165, 1.54) is 22.8 Å². The molecule has 0 fully saturated rings. The molecule has 0 amide bonds. The van der Waals surface area contributed by atoms with Gasteiger partial charge in [-0.15, -0.1) is 0 Å². The van der Waals surface area contributed by atoms with Crippen molar-refractivity contribution in [1.29, 1.82) is 0 Å². The topological polar surface area (TPSA) is 88.0 Å². The molecule has 2 heterocycles. The molecule has 0 unspecified atom stereocenters. The number of aryl methyl sites for hydroxylation is 1. The van der Waals surface area contributed by atoms with Crippen LogP contribution in [0.3, 0.4) is 0 Å². The largest absolute Gasteiger partial charge is 0.477 e. The van der Waals surface area contributed by atoms with Gasteiger partial charge in [-0.1, -0.05) is 12.1 Å².